The topological polar surface area (TPSA) is 51.8 Å². The van der Waals surface area contributed by atoms with Crippen molar-refractivity contribution in [3.8, 4) is 11.4 Å². The molecule has 2 rings (SSSR count). The second kappa shape index (κ2) is 4.55. The van der Waals surface area contributed by atoms with Gasteiger partial charge in [-0.05, 0) is 41.1 Å². The number of rotatable bonds is 1. The molecule has 5 heteroatoms. The normalized spacial score (nSPS) is 10.4. The van der Waals surface area contributed by atoms with Crippen LogP contribution in [0.4, 0.5) is 5.82 Å². The van der Waals surface area contributed by atoms with E-state index in [1.165, 1.54) is 0 Å². The summed E-state index contributed by atoms with van der Waals surface area (Å²) in [5.41, 5.74) is 7.64. The standard InChI is InChI=1S/C11H9ClIN3/c1-6-2-3-7(4-8(6)12)11-15-5-9(13)10(14)16-11/h2-5H,1H3,(H2,14,15,16). The van der Waals surface area contributed by atoms with Crippen molar-refractivity contribution in [2.24, 2.45) is 0 Å². The van der Waals surface area contributed by atoms with Crippen LogP contribution in [-0.2, 0) is 0 Å². The Labute approximate surface area is 112 Å². The lowest BCUT2D eigenvalue weighted by Gasteiger charge is -2.04. The zero-order chi connectivity index (χ0) is 11.7. The van der Waals surface area contributed by atoms with E-state index >= 15 is 0 Å². The molecule has 0 amide bonds. The van der Waals surface area contributed by atoms with Crippen molar-refractivity contribution in [3.63, 3.8) is 0 Å². The number of benzene rings is 1. The maximum atomic E-state index is 6.05. The molecule has 0 bridgehead atoms. The van der Waals surface area contributed by atoms with Crippen molar-refractivity contribution in [3.05, 3.63) is 38.6 Å². The van der Waals surface area contributed by atoms with Crippen LogP contribution in [0.5, 0.6) is 0 Å². The highest BCUT2D eigenvalue weighted by molar-refractivity contribution is 14.1. The fourth-order valence-corrected chi connectivity index (χ4v) is 1.69. The largest absolute Gasteiger partial charge is 0.383 e. The predicted molar refractivity (Wildman–Crippen MR) is 74.3 cm³/mol. The van der Waals surface area contributed by atoms with Crippen LogP contribution >= 0.6 is 34.2 Å². The van der Waals surface area contributed by atoms with E-state index in [2.05, 4.69) is 32.6 Å². The lowest BCUT2D eigenvalue weighted by atomic mass is 10.1. The van der Waals surface area contributed by atoms with Crippen LogP contribution in [-0.4, -0.2) is 9.97 Å². The van der Waals surface area contributed by atoms with Crippen molar-refractivity contribution in [1.29, 1.82) is 0 Å². The predicted octanol–water partition coefficient (Wildman–Crippen LogP) is 3.29. The Kier molecular flexibility index (Phi) is 3.30. The monoisotopic (exact) mass is 345 g/mol. The molecule has 0 unspecified atom stereocenters. The summed E-state index contributed by atoms with van der Waals surface area (Å²) in [5.74, 6) is 1.09. The van der Waals surface area contributed by atoms with Gasteiger partial charge in [0.25, 0.3) is 0 Å². The molecule has 1 aromatic heterocycles. The summed E-state index contributed by atoms with van der Waals surface area (Å²) in [7, 11) is 0. The molecule has 0 saturated carbocycles. The molecule has 2 aromatic rings. The zero-order valence-corrected chi connectivity index (χ0v) is 11.5. The Bertz CT molecular complexity index is 493. The van der Waals surface area contributed by atoms with Crippen molar-refractivity contribution in [2.45, 2.75) is 6.92 Å². The molecule has 0 saturated heterocycles. The van der Waals surface area contributed by atoms with Gasteiger partial charge in [-0.3, -0.25) is 0 Å². The van der Waals surface area contributed by atoms with Gasteiger partial charge in [0.15, 0.2) is 5.82 Å². The van der Waals surface area contributed by atoms with E-state index in [0.717, 1.165) is 14.7 Å². The summed E-state index contributed by atoms with van der Waals surface area (Å²) in [5, 5.41) is 0.707. The number of hydrogen-bond donors (Lipinski definition) is 1. The highest BCUT2D eigenvalue weighted by atomic mass is 127. The van der Waals surface area contributed by atoms with Crippen molar-refractivity contribution < 1.29 is 0 Å². The van der Waals surface area contributed by atoms with E-state index in [1.54, 1.807) is 6.20 Å². The number of nitrogen functional groups attached to an aromatic ring is 1. The smallest absolute Gasteiger partial charge is 0.161 e. The molecule has 16 heavy (non-hydrogen) atoms. The molecule has 0 fully saturated rings. The molecular weight excluding hydrogens is 336 g/mol. The van der Waals surface area contributed by atoms with Gasteiger partial charge in [0.1, 0.15) is 5.82 Å². The molecule has 0 atom stereocenters. The number of anilines is 1. The van der Waals surface area contributed by atoms with Gasteiger partial charge in [-0.15, -0.1) is 0 Å². The number of halogens is 2. The average molecular weight is 346 g/mol. The fraction of sp³-hybridized carbons (Fsp3) is 0.0909. The molecule has 0 radical (unpaired) electrons. The number of nitrogens with two attached hydrogens (primary N) is 1. The quantitative estimate of drug-likeness (QED) is 0.807. The number of aromatic nitrogens is 2. The zero-order valence-electron chi connectivity index (χ0n) is 8.54. The third kappa shape index (κ3) is 2.27. The van der Waals surface area contributed by atoms with E-state index in [-0.39, 0.29) is 0 Å². The molecule has 0 aliphatic rings. The lowest BCUT2D eigenvalue weighted by Crippen LogP contribution is -1.98. The molecule has 1 aromatic carbocycles. The third-order valence-corrected chi connectivity index (χ3v) is 3.44. The fourth-order valence-electron chi connectivity index (χ4n) is 1.25. The first-order valence-corrected chi connectivity index (χ1v) is 6.08. The molecule has 1 heterocycles. The van der Waals surface area contributed by atoms with Crippen LogP contribution in [0.25, 0.3) is 11.4 Å². The van der Waals surface area contributed by atoms with Crippen molar-refractivity contribution in [2.75, 3.05) is 5.73 Å². The molecule has 0 aliphatic heterocycles. The third-order valence-electron chi connectivity index (χ3n) is 2.20. The minimum Gasteiger partial charge on any atom is -0.383 e. The summed E-state index contributed by atoms with van der Waals surface area (Å²) >= 11 is 8.14. The van der Waals surface area contributed by atoms with Gasteiger partial charge in [0.2, 0.25) is 0 Å². The molecule has 0 spiro atoms. The minimum atomic E-state index is 0.488. The maximum Gasteiger partial charge on any atom is 0.161 e. The van der Waals surface area contributed by atoms with Gasteiger partial charge in [0, 0.05) is 16.8 Å². The Morgan fingerprint density at radius 2 is 2.12 bits per heavy atom. The van der Waals surface area contributed by atoms with Crippen LogP contribution in [0.2, 0.25) is 5.02 Å². The first kappa shape index (κ1) is 11.6. The van der Waals surface area contributed by atoms with E-state index < -0.39 is 0 Å². The molecular formula is C11H9ClIN3. The molecule has 82 valence electrons. The lowest BCUT2D eigenvalue weighted by molar-refractivity contribution is 1.17. The highest BCUT2D eigenvalue weighted by Crippen LogP contribution is 2.24. The van der Waals surface area contributed by atoms with E-state index in [4.69, 9.17) is 17.3 Å². The first-order valence-electron chi connectivity index (χ1n) is 4.62. The highest BCUT2D eigenvalue weighted by Gasteiger charge is 2.05. The van der Waals surface area contributed by atoms with Crippen molar-refractivity contribution in [1.82, 2.24) is 9.97 Å². The summed E-state index contributed by atoms with van der Waals surface area (Å²) in [4.78, 5) is 8.44. The Balaban J connectivity index is 2.50. The van der Waals surface area contributed by atoms with Crippen LogP contribution < -0.4 is 5.73 Å². The first-order chi connectivity index (χ1) is 7.58. The van der Waals surface area contributed by atoms with E-state index in [9.17, 15) is 0 Å². The van der Waals surface area contributed by atoms with Crippen molar-refractivity contribution >= 4 is 40.0 Å². The van der Waals surface area contributed by atoms with Gasteiger partial charge in [0.05, 0.1) is 3.57 Å². The number of hydrogen-bond acceptors (Lipinski definition) is 3. The Hall–Kier alpha value is -0.880. The van der Waals surface area contributed by atoms with Crippen LogP contribution in [0.3, 0.4) is 0 Å². The number of aryl methyl sites for hydroxylation is 1. The van der Waals surface area contributed by atoms with Gasteiger partial charge in [-0.2, -0.15) is 0 Å². The summed E-state index contributed by atoms with van der Waals surface area (Å²) < 4.78 is 0.847. The van der Waals surface area contributed by atoms with Gasteiger partial charge >= 0.3 is 0 Å². The van der Waals surface area contributed by atoms with Crippen LogP contribution in [0, 0.1) is 10.5 Å². The van der Waals surface area contributed by atoms with E-state index in [1.807, 2.05) is 25.1 Å². The average Bonchev–Trinajstić information content (AvgIpc) is 2.26. The van der Waals surface area contributed by atoms with Crippen LogP contribution in [0.15, 0.2) is 24.4 Å². The summed E-state index contributed by atoms with van der Waals surface area (Å²) in [6.45, 7) is 1.95. The Morgan fingerprint density at radius 1 is 1.38 bits per heavy atom. The maximum absolute atomic E-state index is 6.05. The van der Waals surface area contributed by atoms with Gasteiger partial charge in [-0.1, -0.05) is 23.7 Å². The van der Waals surface area contributed by atoms with Gasteiger partial charge in [-0.25, -0.2) is 9.97 Å². The molecule has 2 N–H and O–H groups in total. The van der Waals surface area contributed by atoms with E-state index in [0.29, 0.717) is 16.7 Å². The van der Waals surface area contributed by atoms with Crippen LogP contribution in [0.1, 0.15) is 5.56 Å². The SMILES string of the molecule is Cc1ccc(-c2ncc(I)c(N)n2)cc1Cl. The second-order valence-electron chi connectivity index (χ2n) is 3.39. The Morgan fingerprint density at radius 3 is 2.75 bits per heavy atom. The summed E-state index contributed by atoms with van der Waals surface area (Å²) in [6.07, 6.45) is 1.70. The number of nitrogens with zero attached hydrogens (tertiary/aromatic N) is 2. The molecule has 3 nitrogen and oxygen atoms in total. The minimum absolute atomic E-state index is 0.488. The van der Waals surface area contributed by atoms with Gasteiger partial charge < -0.3 is 5.73 Å². The summed E-state index contributed by atoms with van der Waals surface area (Å²) in [6, 6.07) is 5.72. The molecule has 0 aliphatic carbocycles. The second-order valence-corrected chi connectivity index (χ2v) is 4.96.